The molecular formula is C15H28N4O3S. The summed E-state index contributed by atoms with van der Waals surface area (Å²) < 4.78 is 24.9. The molecule has 8 heteroatoms. The van der Waals surface area contributed by atoms with Gasteiger partial charge in [0, 0.05) is 19.6 Å². The molecule has 0 spiro atoms. The van der Waals surface area contributed by atoms with Gasteiger partial charge in [0.05, 0.1) is 6.26 Å². The molecule has 0 aromatic heterocycles. The Morgan fingerprint density at radius 1 is 1.43 bits per heavy atom. The maximum atomic E-state index is 12.7. The van der Waals surface area contributed by atoms with Crippen LogP contribution in [0.15, 0.2) is 4.99 Å². The van der Waals surface area contributed by atoms with Crippen LogP contribution in [0.2, 0.25) is 0 Å². The molecule has 7 nitrogen and oxygen atoms in total. The van der Waals surface area contributed by atoms with Crippen LogP contribution in [0, 0.1) is 11.8 Å². The minimum absolute atomic E-state index is 0.0693. The molecule has 0 aromatic carbocycles. The Morgan fingerprint density at radius 2 is 2.09 bits per heavy atom. The first-order valence-electron chi connectivity index (χ1n) is 8.15. The van der Waals surface area contributed by atoms with Crippen molar-refractivity contribution in [1.82, 2.24) is 9.21 Å². The zero-order valence-corrected chi connectivity index (χ0v) is 15.3. The number of carbonyl (C=O) groups excluding carboxylic acids is 1. The first-order chi connectivity index (χ1) is 10.5. The van der Waals surface area contributed by atoms with E-state index in [9.17, 15) is 13.2 Å². The van der Waals surface area contributed by atoms with Gasteiger partial charge in [-0.1, -0.05) is 13.8 Å². The van der Waals surface area contributed by atoms with Crippen molar-refractivity contribution in [3.05, 3.63) is 0 Å². The Morgan fingerprint density at radius 3 is 2.65 bits per heavy atom. The maximum Gasteiger partial charge on any atom is 0.257 e. The fraction of sp³-hybridized carbons (Fsp3) is 0.867. The van der Waals surface area contributed by atoms with Gasteiger partial charge in [-0.25, -0.2) is 17.7 Å². The minimum atomic E-state index is -3.19. The first kappa shape index (κ1) is 18.2. The van der Waals surface area contributed by atoms with E-state index in [0.29, 0.717) is 32.0 Å². The molecule has 0 aromatic rings. The lowest BCUT2D eigenvalue weighted by atomic mass is 9.90. The highest BCUT2D eigenvalue weighted by Gasteiger charge is 2.45. The van der Waals surface area contributed by atoms with Crippen LogP contribution in [0.5, 0.6) is 0 Å². The third-order valence-electron chi connectivity index (χ3n) is 4.54. The number of nitrogens with two attached hydrogens (primary N) is 1. The molecular weight excluding hydrogens is 316 g/mol. The molecule has 2 aliphatic heterocycles. The van der Waals surface area contributed by atoms with Crippen molar-refractivity contribution in [2.75, 3.05) is 25.9 Å². The quantitative estimate of drug-likeness (QED) is 0.791. The van der Waals surface area contributed by atoms with E-state index in [1.54, 1.807) is 4.90 Å². The van der Waals surface area contributed by atoms with Crippen molar-refractivity contribution in [3.8, 4) is 0 Å². The van der Waals surface area contributed by atoms with Crippen LogP contribution in [0.3, 0.4) is 0 Å². The Hall–Kier alpha value is -1.15. The summed E-state index contributed by atoms with van der Waals surface area (Å²) >= 11 is 0. The number of hydrogen-bond donors (Lipinski definition) is 1. The summed E-state index contributed by atoms with van der Waals surface area (Å²) in [6, 6.07) is 0. The van der Waals surface area contributed by atoms with E-state index in [1.165, 1.54) is 10.6 Å². The maximum absolute atomic E-state index is 12.7. The van der Waals surface area contributed by atoms with E-state index in [1.807, 2.05) is 6.92 Å². The zero-order chi connectivity index (χ0) is 17.4. The second-order valence-corrected chi connectivity index (χ2v) is 9.37. The van der Waals surface area contributed by atoms with Crippen molar-refractivity contribution < 1.29 is 13.2 Å². The molecule has 1 amide bonds. The minimum Gasteiger partial charge on any atom is -0.369 e. The van der Waals surface area contributed by atoms with Gasteiger partial charge in [-0.05, 0) is 38.0 Å². The van der Waals surface area contributed by atoms with Gasteiger partial charge < -0.3 is 5.73 Å². The van der Waals surface area contributed by atoms with Crippen LogP contribution in [0.4, 0.5) is 0 Å². The predicted octanol–water partition coefficient (Wildman–Crippen LogP) is 0.620. The Labute approximate surface area is 139 Å². The summed E-state index contributed by atoms with van der Waals surface area (Å²) in [5, 5.41) is 0. The Balaban J connectivity index is 2.06. The standard InChI is InChI=1S/C15H28N4O3S/c1-11(2)8-15(3)13(20)19(14(16)17-15)10-12-6-5-7-18(9-12)23(4,21)22/h11-12H,5-10H2,1-4H3,(H2,16,17). The highest BCUT2D eigenvalue weighted by Crippen LogP contribution is 2.30. The number of nitrogens with zero attached hydrogens (tertiary/aromatic N) is 3. The van der Waals surface area contributed by atoms with Crippen molar-refractivity contribution in [2.45, 2.75) is 45.6 Å². The summed E-state index contributed by atoms with van der Waals surface area (Å²) in [4.78, 5) is 18.7. The molecule has 0 bridgehead atoms. The number of aliphatic imine (C=N–C) groups is 1. The summed E-state index contributed by atoms with van der Waals surface area (Å²) in [6.07, 6.45) is 3.58. The lowest BCUT2D eigenvalue weighted by Gasteiger charge is -2.33. The van der Waals surface area contributed by atoms with Crippen molar-refractivity contribution in [2.24, 2.45) is 22.6 Å². The number of sulfonamides is 1. The predicted molar refractivity (Wildman–Crippen MR) is 90.3 cm³/mol. The smallest absolute Gasteiger partial charge is 0.257 e. The average molecular weight is 344 g/mol. The van der Waals surface area contributed by atoms with Gasteiger partial charge in [-0.2, -0.15) is 0 Å². The van der Waals surface area contributed by atoms with E-state index in [2.05, 4.69) is 18.8 Å². The fourth-order valence-electron chi connectivity index (χ4n) is 3.60. The zero-order valence-electron chi connectivity index (χ0n) is 14.4. The molecule has 2 unspecified atom stereocenters. The van der Waals surface area contributed by atoms with Crippen LogP contribution < -0.4 is 5.73 Å². The largest absolute Gasteiger partial charge is 0.369 e. The molecule has 1 saturated heterocycles. The molecule has 1 fully saturated rings. The van der Waals surface area contributed by atoms with Gasteiger partial charge >= 0.3 is 0 Å². The monoisotopic (exact) mass is 344 g/mol. The second kappa shape index (κ2) is 6.39. The molecule has 2 aliphatic rings. The number of amides is 1. The third-order valence-corrected chi connectivity index (χ3v) is 5.81. The van der Waals surface area contributed by atoms with Crippen molar-refractivity contribution in [1.29, 1.82) is 0 Å². The lowest BCUT2D eigenvalue weighted by molar-refractivity contribution is -0.131. The van der Waals surface area contributed by atoms with Crippen LogP contribution in [0.1, 0.15) is 40.0 Å². The van der Waals surface area contributed by atoms with Gasteiger partial charge in [0.25, 0.3) is 5.91 Å². The van der Waals surface area contributed by atoms with Gasteiger partial charge in [-0.3, -0.25) is 9.69 Å². The number of carbonyl (C=O) groups is 1. The highest BCUT2D eigenvalue weighted by atomic mass is 32.2. The van der Waals surface area contributed by atoms with Crippen molar-refractivity contribution in [3.63, 3.8) is 0 Å². The normalized spacial score (nSPS) is 30.1. The Bertz CT molecular complexity index is 602. The topological polar surface area (TPSA) is 96.1 Å². The molecule has 0 aliphatic carbocycles. The van der Waals surface area contributed by atoms with E-state index < -0.39 is 15.6 Å². The van der Waals surface area contributed by atoms with Gasteiger partial charge in [-0.15, -0.1) is 0 Å². The van der Waals surface area contributed by atoms with E-state index >= 15 is 0 Å². The molecule has 0 radical (unpaired) electrons. The molecule has 2 atom stereocenters. The van der Waals surface area contributed by atoms with Gasteiger partial charge in [0.2, 0.25) is 10.0 Å². The molecule has 2 rings (SSSR count). The number of piperidine rings is 1. The summed E-state index contributed by atoms with van der Waals surface area (Å²) in [5.74, 6) is 0.628. The van der Waals surface area contributed by atoms with Crippen LogP contribution in [-0.4, -0.2) is 60.9 Å². The first-order valence-corrected chi connectivity index (χ1v) is 10.00. The number of guanidine groups is 1. The fourth-order valence-corrected chi connectivity index (χ4v) is 4.54. The number of rotatable bonds is 5. The molecule has 2 heterocycles. The van der Waals surface area contributed by atoms with Crippen LogP contribution in [-0.2, 0) is 14.8 Å². The second-order valence-electron chi connectivity index (χ2n) is 7.39. The average Bonchev–Trinajstić information content (AvgIpc) is 2.61. The summed E-state index contributed by atoms with van der Waals surface area (Å²) in [7, 11) is -3.19. The Kier molecular flexibility index (Phi) is 5.06. The van der Waals surface area contributed by atoms with Crippen LogP contribution in [0.25, 0.3) is 0 Å². The lowest BCUT2D eigenvalue weighted by Crippen LogP contribution is -2.49. The molecule has 132 valence electrons. The third kappa shape index (κ3) is 4.03. The molecule has 23 heavy (non-hydrogen) atoms. The van der Waals surface area contributed by atoms with Crippen LogP contribution >= 0.6 is 0 Å². The van der Waals surface area contributed by atoms with E-state index in [0.717, 1.165) is 12.8 Å². The number of hydrogen-bond acceptors (Lipinski definition) is 5. The SMILES string of the molecule is CC(C)CC1(C)N=C(N)N(CC2CCCN(S(C)(=O)=O)C2)C1=O. The summed E-state index contributed by atoms with van der Waals surface area (Å²) in [5.41, 5.74) is 5.19. The van der Waals surface area contributed by atoms with Gasteiger partial charge in [0.15, 0.2) is 5.96 Å². The van der Waals surface area contributed by atoms with E-state index in [4.69, 9.17) is 5.73 Å². The van der Waals surface area contributed by atoms with Crippen molar-refractivity contribution >= 4 is 21.9 Å². The highest BCUT2D eigenvalue weighted by molar-refractivity contribution is 7.88. The van der Waals surface area contributed by atoms with Gasteiger partial charge in [0.1, 0.15) is 5.54 Å². The molecule has 2 N–H and O–H groups in total. The summed E-state index contributed by atoms with van der Waals surface area (Å²) in [6.45, 7) is 7.37. The molecule has 0 saturated carbocycles. The van der Waals surface area contributed by atoms with E-state index in [-0.39, 0.29) is 17.8 Å².